The maximum Gasteiger partial charge on any atom is 0.136 e. The Morgan fingerprint density at radius 3 is 2.22 bits per heavy atom. The summed E-state index contributed by atoms with van der Waals surface area (Å²) in [6.45, 7) is 6.06. The molecule has 2 nitrogen and oxygen atoms in total. The zero-order valence-corrected chi connectivity index (χ0v) is 11.3. The van der Waals surface area contributed by atoms with Gasteiger partial charge in [0, 0.05) is 17.0 Å². The molecule has 0 amide bonds. The second-order valence-electron chi connectivity index (χ2n) is 5.16. The smallest absolute Gasteiger partial charge is 0.136 e. The lowest BCUT2D eigenvalue weighted by molar-refractivity contribution is 0.546. The molecule has 0 fully saturated rings. The van der Waals surface area contributed by atoms with Crippen molar-refractivity contribution in [2.75, 3.05) is 0 Å². The maximum atomic E-state index is 12.9. The molecule has 0 aliphatic carbocycles. The largest absolute Gasteiger partial charge is 0.232 e. The molecule has 1 aromatic carbocycles. The van der Waals surface area contributed by atoms with Crippen molar-refractivity contribution in [1.82, 2.24) is 9.97 Å². The van der Waals surface area contributed by atoms with Gasteiger partial charge in [-0.2, -0.15) is 0 Å². The SMILES string of the molecule is CC(C)(C)c1nc(Cl)cc(-c2ccc(F)cc2)n1. The number of aromatic nitrogens is 2. The van der Waals surface area contributed by atoms with Crippen LogP contribution >= 0.6 is 11.6 Å². The van der Waals surface area contributed by atoms with Crippen molar-refractivity contribution in [2.45, 2.75) is 26.2 Å². The van der Waals surface area contributed by atoms with E-state index in [9.17, 15) is 4.39 Å². The van der Waals surface area contributed by atoms with Gasteiger partial charge in [-0.05, 0) is 24.3 Å². The van der Waals surface area contributed by atoms with Gasteiger partial charge >= 0.3 is 0 Å². The van der Waals surface area contributed by atoms with Crippen molar-refractivity contribution in [3.8, 4) is 11.3 Å². The molecule has 2 aromatic rings. The van der Waals surface area contributed by atoms with Crippen molar-refractivity contribution in [2.24, 2.45) is 0 Å². The fourth-order valence-electron chi connectivity index (χ4n) is 1.52. The molecule has 0 aliphatic rings. The van der Waals surface area contributed by atoms with Crippen molar-refractivity contribution < 1.29 is 4.39 Å². The van der Waals surface area contributed by atoms with E-state index in [0.29, 0.717) is 16.7 Å². The topological polar surface area (TPSA) is 25.8 Å². The normalized spacial score (nSPS) is 11.6. The Hall–Kier alpha value is -1.48. The zero-order chi connectivity index (χ0) is 13.3. The lowest BCUT2D eigenvalue weighted by Crippen LogP contribution is -2.16. The van der Waals surface area contributed by atoms with E-state index in [1.807, 2.05) is 20.8 Å². The van der Waals surface area contributed by atoms with E-state index in [4.69, 9.17) is 11.6 Å². The number of benzene rings is 1. The Kier molecular flexibility index (Phi) is 3.35. The molecule has 1 heterocycles. The summed E-state index contributed by atoms with van der Waals surface area (Å²) in [4.78, 5) is 8.72. The van der Waals surface area contributed by atoms with E-state index in [0.717, 1.165) is 5.56 Å². The molecule has 1 aromatic heterocycles. The summed E-state index contributed by atoms with van der Waals surface area (Å²) in [5.74, 6) is 0.407. The van der Waals surface area contributed by atoms with Gasteiger partial charge in [-0.25, -0.2) is 14.4 Å². The van der Waals surface area contributed by atoms with Crippen LogP contribution < -0.4 is 0 Å². The van der Waals surface area contributed by atoms with Gasteiger partial charge < -0.3 is 0 Å². The number of rotatable bonds is 1. The first-order valence-electron chi connectivity index (χ1n) is 5.67. The number of hydrogen-bond donors (Lipinski definition) is 0. The molecule has 0 aliphatic heterocycles. The van der Waals surface area contributed by atoms with Gasteiger partial charge in [0.05, 0.1) is 5.69 Å². The average Bonchev–Trinajstić information content (AvgIpc) is 2.28. The van der Waals surface area contributed by atoms with Crippen LogP contribution in [-0.2, 0) is 5.41 Å². The fraction of sp³-hybridized carbons (Fsp3) is 0.286. The van der Waals surface area contributed by atoms with Crippen molar-refractivity contribution >= 4 is 11.6 Å². The predicted molar refractivity (Wildman–Crippen MR) is 71.1 cm³/mol. The molecule has 0 saturated carbocycles. The summed E-state index contributed by atoms with van der Waals surface area (Å²) in [7, 11) is 0. The maximum absolute atomic E-state index is 12.9. The first-order chi connectivity index (χ1) is 8.36. The van der Waals surface area contributed by atoms with Gasteiger partial charge in [-0.1, -0.05) is 32.4 Å². The molecular formula is C14H14ClFN2. The molecule has 0 unspecified atom stereocenters. The van der Waals surface area contributed by atoms with Gasteiger partial charge in [0.2, 0.25) is 0 Å². The van der Waals surface area contributed by atoms with E-state index in [1.54, 1.807) is 18.2 Å². The molecule has 2 rings (SSSR count). The fourth-order valence-corrected chi connectivity index (χ4v) is 1.70. The molecule has 0 radical (unpaired) electrons. The van der Waals surface area contributed by atoms with E-state index in [-0.39, 0.29) is 11.2 Å². The van der Waals surface area contributed by atoms with Crippen molar-refractivity contribution in [3.63, 3.8) is 0 Å². The highest BCUT2D eigenvalue weighted by Gasteiger charge is 2.19. The van der Waals surface area contributed by atoms with Crippen molar-refractivity contribution in [1.29, 1.82) is 0 Å². The minimum Gasteiger partial charge on any atom is -0.232 e. The molecule has 4 heteroatoms. The van der Waals surface area contributed by atoms with Gasteiger partial charge in [0.15, 0.2) is 0 Å². The Labute approximate surface area is 111 Å². The summed E-state index contributed by atoms with van der Waals surface area (Å²) in [5.41, 5.74) is 1.35. The van der Waals surface area contributed by atoms with Crippen LogP contribution in [0.3, 0.4) is 0 Å². The van der Waals surface area contributed by atoms with Crippen LogP contribution in [0, 0.1) is 5.82 Å². The highest BCUT2D eigenvalue weighted by molar-refractivity contribution is 6.29. The number of halogens is 2. The standard InChI is InChI=1S/C14H14ClFN2/c1-14(2,3)13-17-11(8-12(15)18-13)9-4-6-10(16)7-5-9/h4-8H,1-3H3. The molecular weight excluding hydrogens is 251 g/mol. The molecule has 0 atom stereocenters. The molecule has 0 saturated heterocycles. The molecule has 18 heavy (non-hydrogen) atoms. The van der Waals surface area contributed by atoms with Crippen LogP contribution in [0.2, 0.25) is 5.15 Å². The summed E-state index contributed by atoms with van der Waals surface area (Å²) in [6.07, 6.45) is 0. The van der Waals surface area contributed by atoms with Gasteiger partial charge in [-0.3, -0.25) is 0 Å². The van der Waals surface area contributed by atoms with Gasteiger partial charge in [0.25, 0.3) is 0 Å². The number of hydrogen-bond acceptors (Lipinski definition) is 2. The zero-order valence-electron chi connectivity index (χ0n) is 10.5. The summed E-state index contributed by atoms with van der Waals surface area (Å²) in [5, 5.41) is 0.397. The minimum atomic E-state index is -0.269. The van der Waals surface area contributed by atoms with Crippen LogP contribution in [0.4, 0.5) is 4.39 Å². The summed E-state index contributed by atoms with van der Waals surface area (Å²) < 4.78 is 12.9. The quantitative estimate of drug-likeness (QED) is 0.720. The highest BCUT2D eigenvalue weighted by atomic mass is 35.5. The first-order valence-corrected chi connectivity index (χ1v) is 6.05. The van der Waals surface area contributed by atoms with Gasteiger partial charge in [0.1, 0.15) is 16.8 Å². The summed E-state index contributed by atoms with van der Waals surface area (Å²) >= 11 is 6.01. The Balaban J connectivity index is 2.52. The Morgan fingerprint density at radius 2 is 1.67 bits per heavy atom. The lowest BCUT2D eigenvalue weighted by Gasteiger charge is -2.17. The van der Waals surface area contributed by atoms with Crippen LogP contribution in [0.25, 0.3) is 11.3 Å². The Bertz CT molecular complexity index is 559. The van der Waals surface area contributed by atoms with Crippen LogP contribution in [-0.4, -0.2) is 9.97 Å². The van der Waals surface area contributed by atoms with Crippen LogP contribution in [0.15, 0.2) is 30.3 Å². The van der Waals surface area contributed by atoms with Crippen molar-refractivity contribution in [3.05, 3.63) is 47.1 Å². The highest BCUT2D eigenvalue weighted by Crippen LogP contribution is 2.25. The molecule has 0 bridgehead atoms. The third-order valence-corrected chi connectivity index (χ3v) is 2.70. The second-order valence-corrected chi connectivity index (χ2v) is 5.54. The van der Waals surface area contributed by atoms with E-state index < -0.39 is 0 Å². The molecule has 94 valence electrons. The van der Waals surface area contributed by atoms with Gasteiger partial charge in [-0.15, -0.1) is 0 Å². The minimum absolute atomic E-state index is 0.181. The second kappa shape index (κ2) is 4.65. The third kappa shape index (κ3) is 2.85. The predicted octanol–water partition coefficient (Wildman–Crippen LogP) is 4.23. The first kappa shape index (κ1) is 13.0. The average molecular weight is 265 g/mol. The number of nitrogens with zero attached hydrogens (tertiary/aromatic N) is 2. The molecule has 0 N–H and O–H groups in total. The van der Waals surface area contributed by atoms with E-state index >= 15 is 0 Å². The lowest BCUT2D eigenvalue weighted by atomic mass is 9.95. The monoisotopic (exact) mass is 264 g/mol. The summed E-state index contributed by atoms with van der Waals surface area (Å²) in [6, 6.07) is 7.86. The van der Waals surface area contributed by atoms with E-state index in [1.165, 1.54) is 12.1 Å². The Morgan fingerprint density at radius 1 is 1.06 bits per heavy atom. The third-order valence-electron chi connectivity index (χ3n) is 2.51. The molecule has 0 spiro atoms. The van der Waals surface area contributed by atoms with E-state index in [2.05, 4.69) is 9.97 Å². The van der Waals surface area contributed by atoms with Crippen LogP contribution in [0.5, 0.6) is 0 Å². The van der Waals surface area contributed by atoms with Crippen LogP contribution in [0.1, 0.15) is 26.6 Å².